The number of rotatable bonds is 6. The number of benzene rings is 2. The standard InChI is InChI=1S/C21H24ClN3OS.C4H4O4/c22-16-5-6-20-17(14-16)18(13-15-3-1-2-4-19(15)27-20)25-11-9-24(10-12-25)8-7-21(23)26;5-3(6)1-2-4(7)8/h1-6,14,18H,7-13H2,(H2,23,26);1-2H,(H,5,6)(H,7,8)/b;2-1+. The molecule has 0 radical (unpaired) electrons. The summed E-state index contributed by atoms with van der Waals surface area (Å²) in [5.74, 6) is -2.74. The van der Waals surface area contributed by atoms with Crippen LogP contribution in [0, 0.1) is 0 Å². The van der Waals surface area contributed by atoms with Crippen LogP contribution in [0.1, 0.15) is 23.6 Å². The molecule has 0 saturated carbocycles. The molecule has 4 rings (SSSR count). The van der Waals surface area contributed by atoms with Gasteiger partial charge in [-0.2, -0.15) is 0 Å². The molecule has 1 unspecified atom stereocenters. The van der Waals surface area contributed by atoms with E-state index in [9.17, 15) is 14.4 Å². The molecule has 1 saturated heterocycles. The maximum Gasteiger partial charge on any atom is 0.328 e. The molecule has 4 N–H and O–H groups in total. The lowest BCUT2D eigenvalue weighted by Gasteiger charge is -2.39. The van der Waals surface area contributed by atoms with Gasteiger partial charge in [0.05, 0.1) is 0 Å². The normalized spacial score (nSPS) is 18.0. The lowest BCUT2D eigenvalue weighted by Crippen LogP contribution is -2.48. The van der Waals surface area contributed by atoms with Crippen molar-refractivity contribution in [1.29, 1.82) is 0 Å². The van der Waals surface area contributed by atoms with Gasteiger partial charge in [0.25, 0.3) is 0 Å². The summed E-state index contributed by atoms with van der Waals surface area (Å²) in [6.07, 6.45) is 2.55. The Morgan fingerprint density at radius 2 is 1.66 bits per heavy atom. The van der Waals surface area contributed by atoms with Gasteiger partial charge in [-0.3, -0.25) is 9.69 Å². The van der Waals surface area contributed by atoms with Crippen molar-refractivity contribution in [1.82, 2.24) is 9.80 Å². The molecule has 0 aliphatic carbocycles. The number of nitrogens with zero attached hydrogens (tertiary/aromatic N) is 2. The minimum Gasteiger partial charge on any atom is -0.478 e. The van der Waals surface area contributed by atoms with Gasteiger partial charge in [-0.05, 0) is 41.8 Å². The minimum absolute atomic E-state index is 0.224. The van der Waals surface area contributed by atoms with E-state index in [1.165, 1.54) is 20.9 Å². The first kappa shape index (κ1) is 26.7. The number of primary amides is 1. The summed E-state index contributed by atoms with van der Waals surface area (Å²) in [5, 5.41) is 16.4. The van der Waals surface area contributed by atoms with Crippen LogP contribution >= 0.6 is 23.4 Å². The second-order valence-corrected chi connectivity index (χ2v) is 9.74. The molecule has 0 aromatic heterocycles. The predicted octanol–water partition coefficient (Wildman–Crippen LogP) is 3.29. The molecule has 2 heterocycles. The molecule has 1 amide bonds. The van der Waals surface area contributed by atoms with Crippen LogP contribution < -0.4 is 5.73 Å². The second kappa shape index (κ2) is 12.7. The van der Waals surface area contributed by atoms with E-state index in [2.05, 4.69) is 46.2 Å². The predicted molar refractivity (Wildman–Crippen MR) is 135 cm³/mol. The summed E-state index contributed by atoms with van der Waals surface area (Å²) in [5.41, 5.74) is 8.02. The van der Waals surface area contributed by atoms with Crippen molar-refractivity contribution in [3.8, 4) is 0 Å². The average Bonchev–Trinajstić information content (AvgIpc) is 2.99. The number of carbonyl (C=O) groups is 3. The number of halogens is 1. The van der Waals surface area contributed by atoms with E-state index < -0.39 is 11.9 Å². The Kier molecular flexibility index (Phi) is 9.73. The van der Waals surface area contributed by atoms with Gasteiger partial charge in [-0.15, -0.1) is 0 Å². The summed E-state index contributed by atoms with van der Waals surface area (Å²) in [6, 6.07) is 15.3. The number of nitrogens with two attached hydrogens (primary N) is 1. The summed E-state index contributed by atoms with van der Waals surface area (Å²) < 4.78 is 0. The van der Waals surface area contributed by atoms with Crippen molar-refractivity contribution >= 4 is 41.2 Å². The third kappa shape index (κ3) is 8.10. The first-order valence-electron chi connectivity index (χ1n) is 11.2. The third-order valence-corrected chi connectivity index (χ3v) is 7.27. The van der Waals surface area contributed by atoms with Gasteiger partial charge in [0.1, 0.15) is 0 Å². The summed E-state index contributed by atoms with van der Waals surface area (Å²) in [6.45, 7) is 4.67. The fraction of sp³-hybridized carbons (Fsp3) is 0.320. The van der Waals surface area contributed by atoms with Crippen LogP contribution in [0.25, 0.3) is 0 Å². The molecule has 2 aromatic carbocycles. The Balaban J connectivity index is 0.000000371. The Morgan fingerprint density at radius 3 is 2.29 bits per heavy atom. The van der Waals surface area contributed by atoms with Crippen LogP contribution in [0.5, 0.6) is 0 Å². The highest BCUT2D eigenvalue weighted by Gasteiger charge is 2.30. The smallest absolute Gasteiger partial charge is 0.328 e. The largest absolute Gasteiger partial charge is 0.478 e. The minimum atomic E-state index is -1.26. The summed E-state index contributed by atoms with van der Waals surface area (Å²) in [4.78, 5) is 37.7. The molecule has 10 heteroatoms. The fourth-order valence-electron chi connectivity index (χ4n) is 4.12. The summed E-state index contributed by atoms with van der Waals surface area (Å²) in [7, 11) is 0. The number of carbonyl (C=O) groups excluding carboxylic acids is 1. The van der Waals surface area contributed by atoms with Crippen LogP contribution in [0.2, 0.25) is 5.02 Å². The molecule has 2 aromatic rings. The Morgan fingerprint density at radius 1 is 1.00 bits per heavy atom. The van der Waals surface area contributed by atoms with Crippen molar-refractivity contribution in [2.45, 2.75) is 28.7 Å². The molecule has 0 spiro atoms. The molecule has 1 atom stereocenters. The molecule has 0 bridgehead atoms. The highest BCUT2D eigenvalue weighted by molar-refractivity contribution is 7.99. The zero-order chi connectivity index (χ0) is 25.4. The molecule has 1 fully saturated rings. The van der Waals surface area contributed by atoms with Crippen molar-refractivity contribution in [3.63, 3.8) is 0 Å². The molecular weight excluding hydrogens is 490 g/mol. The molecule has 8 nitrogen and oxygen atoms in total. The number of carboxylic acid groups (broad SMARTS) is 2. The van der Waals surface area contributed by atoms with Crippen molar-refractivity contribution in [3.05, 3.63) is 70.8 Å². The highest BCUT2D eigenvalue weighted by atomic mass is 35.5. The Hall–Kier alpha value is -2.85. The molecule has 2 aliphatic rings. The van der Waals surface area contributed by atoms with Crippen molar-refractivity contribution < 1.29 is 24.6 Å². The lowest BCUT2D eigenvalue weighted by molar-refractivity contribution is -0.134. The van der Waals surface area contributed by atoms with Crippen molar-refractivity contribution in [2.75, 3.05) is 32.7 Å². The SMILES string of the molecule is NC(=O)CCN1CCN(C2Cc3ccccc3Sc3ccc(Cl)cc32)CC1.O=C(O)/C=C/C(=O)O. The molecule has 2 aliphatic heterocycles. The average molecular weight is 518 g/mol. The first-order chi connectivity index (χ1) is 16.7. The van der Waals surface area contributed by atoms with E-state index >= 15 is 0 Å². The zero-order valence-corrected chi connectivity index (χ0v) is 20.7. The van der Waals surface area contributed by atoms with E-state index in [1.807, 2.05) is 17.8 Å². The zero-order valence-electron chi connectivity index (χ0n) is 19.1. The number of carboxylic acids is 2. The maximum absolute atomic E-state index is 11.0. The van der Waals surface area contributed by atoms with Crippen molar-refractivity contribution in [2.24, 2.45) is 5.73 Å². The number of aliphatic carboxylic acids is 2. The molecular formula is C25H28ClN3O5S. The Bertz CT molecular complexity index is 1090. The van der Waals surface area contributed by atoms with Crippen LogP contribution in [0.4, 0.5) is 0 Å². The van der Waals surface area contributed by atoms with Gasteiger partial charge in [0, 0.05) is 72.2 Å². The monoisotopic (exact) mass is 517 g/mol. The van der Waals surface area contributed by atoms with E-state index in [0.717, 1.165) is 44.2 Å². The van der Waals surface area contributed by atoms with E-state index in [0.29, 0.717) is 24.6 Å². The van der Waals surface area contributed by atoms with Gasteiger partial charge < -0.3 is 20.8 Å². The quantitative estimate of drug-likeness (QED) is 0.499. The van der Waals surface area contributed by atoms with E-state index in [-0.39, 0.29) is 5.91 Å². The summed E-state index contributed by atoms with van der Waals surface area (Å²) >= 11 is 8.20. The van der Waals surface area contributed by atoms with Gasteiger partial charge in [-0.25, -0.2) is 9.59 Å². The van der Waals surface area contributed by atoms with Gasteiger partial charge in [-0.1, -0.05) is 41.6 Å². The number of hydrogen-bond donors (Lipinski definition) is 3. The van der Waals surface area contributed by atoms with Gasteiger partial charge >= 0.3 is 11.9 Å². The topological polar surface area (TPSA) is 124 Å². The van der Waals surface area contributed by atoms with Gasteiger partial charge in [0.15, 0.2) is 0 Å². The van der Waals surface area contributed by atoms with E-state index in [1.54, 1.807) is 0 Å². The Labute approximate surface area is 213 Å². The highest BCUT2D eigenvalue weighted by Crippen LogP contribution is 2.43. The second-order valence-electron chi connectivity index (χ2n) is 8.22. The number of fused-ring (bicyclic) bond motifs is 2. The van der Waals surface area contributed by atoms with Crippen LogP contribution in [-0.2, 0) is 20.8 Å². The molecule has 35 heavy (non-hydrogen) atoms. The van der Waals surface area contributed by atoms with Crippen LogP contribution in [0.3, 0.4) is 0 Å². The van der Waals surface area contributed by atoms with Crippen LogP contribution in [0.15, 0.2) is 64.4 Å². The lowest BCUT2D eigenvalue weighted by atomic mass is 9.96. The van der Waals surface area contributed by atoms with Gasteiger partial charge in [0.2, 0.25) is 5.91 Å². The number of amides is 1. The number of piperazine rings is 1. The number of hydrogen-bond acceptors (Lipinski definition) is 6. The van der Waals surface area contributed by atoms with Crippen LogP contribution in [-0.4, -0.2) is 70.6 Å². The fourth-order valence-corrected chi connectivity index (χ4v) is 5.41. The maximum atomic E-state index is 11.0. The van der Waals surface area contributed by atoms with E-state index in [4.69, 9.17) is 27.5 Å². The third-order valence-electron chi connectivity index (χ3n) is 5.83. The molecule has 186 valence electrons. The first-order valence-corrected chi connectivity index (χ1v) is 12.4.